The van der Waals surface area contributed by atoms with E-state index in [-0.39, 0.29) is 37.6 Å². The Morgan fingerprint density at radius 1 is 1.19 bits per heavy atom. The topological polar surface area (TPSA) is 73.2 Å². The zero-order chi connectivity index (χ0) is 13.4. The summed E-state index contributed by atoms with van der Waals surface area (Å²) in [7, 11) is 0. The zero-order valence-electron chi connectivity index (χ0n) is 11.8. The second-order valence-electron chi connectivity index (χ2n) is 5.02. The van der Waals surface area contributed by atoms with Crippen molar-refractivity contribution < 1.29 is 9.47 Å². The number of nitrogens with zero attached hydrogens (tertiary/aromatic N) is 1. The number of H-pyrrole nitrogens is 1. The van der Waals surface area contributed by atoms with Crippen LogP contribution in [0.15, 0.2) is 24.4 Å². The number of fused-ring (bicyclic) bond motifs is 1. The Morgan fingerprint density at radius 3 is 2.62 bits per heavy atom. The van der Waals surface area contributed by atoms with Gasteiger partial charge in [0, 0.05) is 5.56 Å². The van der Waals surface area contributed by atoms with Gasteiger partial charge in [0.15, 0.2) is 11.5 Å². The van der Waals surface area contributed by atoms with Crippen LogP contribution in [0, 0.1) is 5.92 Å². The van der Waals surface area contributed by atoms with Crippen LogP contribution in [-0.4, -0.2) is 16.8 Å². The average Bonchev–Trinajstić information content (AvgIpc) is 3.05. The maximum Gasteiger partial charge on any atom is 0.231 e. The zero-order valence-corrected chi connectivity index (χ0v) is 13.5. The van der Waals surface area contributed by atoms with E-state index >= 15 is 0 Å². The number of nitrogens with one attached hydrogen (secondary N) is 1. The smallest absolute Gasteiger partial charge is 0.231 e. The molecule has 0 spiro atoms. The lowest BCUT2D eigenvalue weighted by molar-refractivity contribution is 0.174. The standard InChI is InChI=1S/C14H17N3O2.2ClH/c1-8(2)13(15)14-16-6-10(17-14)9-3-4-11-12(5-9)19-7-18-11;;/h3-6,8,13H,7,15H2,1-2H3,(H,16,17);2*1H. The molecule has 0 saturated carbocycles. The van der Waals surface area contributed by atoms with Gasteiger partial charge < -0.3 is 20.2 Å². The number of rotatable bonds is 3. The summed E-state index contributed by atoms with van der Waals surface area (Å²) in [6, 6.07) is 5.75. The Hall–Kier alpha value is -1.43. The molecule has 0 radical (unpaired) electrons. The molecule has 3 N–H and O–H groups in total. The largest absolute Gasteiger partial charge is 0.454 e. The summed E-state index contributed by atoms with van der Waals surface area (Å²) in [6.07, 6.45) is 1.80. The number of benzene rings is 1. The first-order valence-corrected chi connectivity index (χ1v) is 6.35. The average molecular weight is 332 g/mol. The molecule has 1 aromatic heterocycles. The lowest BCUT2D eigenvalue weighted by Crippen LogP contribution is -2.18. The third-order valence-electron chi connectivity index (χ3n) is 3.31. The molecule has 0 saturated heterocycles. The molecular weight excluding hydrogens is 313 g/mol. The number of aromatic amines is 1. The van der Waals surface area contributed by atoms with Gasteiger partial charge in [0.25, 0.3) is 0 Å². The molecule has 5 nitrogen and oxygen atoms in total. The van der Waals surface area contributed by atoms with Gasteiger partial charge in [-0.05, 0) is 24.1 Å². The van der Waals surface area contributed by atoms with Gasteiger partial charge in [0.1, 0.15) is 5.82 Å². The minimum atomic E-state index is -0.0808. The molecule has 116 valence electrons. The summed E-state index contributed by atoms with van der Waals surface area (Å²) >= 11 is 0. The number of imidazole rings is 1. The predicted octanol–water partition coefficient (Wildman–Crippen LogP) is 3.30. The fourth-order valence-electron chi connectivity index (χ4n) is 2.03. The third kappa shape index (κ3) is 3.43. The van der Waals surface area contributed by atoms with Crippen molar-refractivity contribution in [3.05, 3.63) is 30.2 Å². The second-order valence-corrected chi connectivity index (χ2v) is 5.02. The van der Waals surface area contributed by atoms with E-state index in [0.29, 0.717) is 5.92 Å². The van der Waals surface area contributed by atoms with Gasteiger partial charge in [-0.25, -0.2) is 4.98 Å². The summed E-state index contributed by atoms with van der Waals surface area (Å²) < 4.78 is 10.7. The molecule has 1 aromatic carbocycles. The van der Waals surface area contributed by atoms with Crippen molar-refractivity contribution in [3.8, 4) is 22.8 Å². The van der Waals surface area contributed by atoms with Gasteiger partial charge in [-0.15, -0.1) is 24.8 Å². The highest BCUT2D eigenvalue weighted by atomic mass is 35.5. The van der Waals surface area contributed by atoms with E-state index in [1.807, 2.05) is 18.2 Å². The van der Waals surface area contributed by atoms with Crippen LogP contribution in [0.5, 0.6) is 11.5 Å². The van der Waals surface area contributed by atoms with Crippen LogP contribution in [-0.2, 0) is 0 Å². The van der Waals surface area contributed by atoms with Crippen molar-refractivity contribution in [2.75, 3.05) is 6.79 Å². The molecule has 0 amide bonds. The lowest BCUT2D eigenvalue weighted by Gasteiger charge is -2.12. The minimum Gasteiger partial charge on any atom is -0.454 e. The summed E-state index contributed by atoms with van der Waals surface area (Å²) in [6.45, 7) is 4.44. The summed E-state index contributed by atoms with van der Waals surface area (Å²) in [5, 5.41) is 0. The van der Waals surface area contributed by atoms with Crippen LogP contribution in [0.1, 0.15) is 25.7 Å². The Kier molecular flexibility index (Phi) is 5.89. The van der Waals surface area contributed by atoms with Gasteiger partial charge >= 0.3 is 0 Å². The van der Waals surface area contributed by atoms with Crippen LogP contribution < -0.4 is 15.2 Å². The molecule has 7 heteroatoms. The van der Waals surface area contributed by atoms with E-state index in [9.17, 15) is 0 Å². The highest BCUT2D eigenvalue weighted by Gasteiger charge is 2.17. The maximum atomic E-state index is 6.08. The van der Waals surface area contributed by atoms with Crippen molar-refractivity contribution in [2.45, 2.75) is 19.9 Å². The number of hydrogen-bond donors (Lipinski definition) is 2. The third-order valence-corrected chi connectivity index (χ3v) is 3.31. The molecule has 1 aliphatic heterocycles. The van der Waals surface area contributed by atoms with Gasteiger partial charge in [0.2, 0.25) is 6.79 Å². The van der Waals surface area contributed by atoms with Crippen LogP contribution in [0.25, 0.3) is 11.3 Å². The molecule has 21 heavy (non-hydrogen) atoms. The van der Waals surface area contributed by atoms with Crippen molar-refractivity contribution in [3.63, 3.8) is 0 Å². The molecule has 3 rings (SSSR count). The number of aromatic nitrogens is 2. The van der Waals surface area contributed by atoms with Gasteiger partial charge in [0.05, 0.1) is 17.9 Å². The van der Waals surface area contributed by atoms with Crippen LogP contribution in [0.4, 0.5) is 0 Å². The van der Waals surface area contributed by atoms with Crippen LogP contribution >= 0.6 is 24.8 Å². The van der Waals surface area contributed by atoms with Crippen LogP contribution in [0.2, 0.25) is 0 Å². The number of ether oxygens (including phenoxy) is 2. The molecule has 1 unspecified atom stereocenters. The maximum absolute atomic E-state index is 6.08. The molecule has 0 fully saturated rings. The van der Waals surface area contributed by atoms with Crippen molar-refractivity contribution >= 4 is 24.8 Å². The van der Waals surface area contributed by atoms with Crippen molar-refractivity contribution in [2.24, 2.45) is 11.7 Å². The lowest BCUT2D eigenvalue weighted by atomic mass is 10.1. The Morgan fingerprint density at radius 2 is 1.90 bits per heavy atom. The fourth-order valence-corrected chi connectivity index (χ4v) is 2.03. The van der Waals surface area contributed by atoms with Gasteiger partial charge in [-0.3, -0.25) is 0 Å². The van der Waals surface area contributed by atoms with Gasteiger partial charge in [-0.1, -0.05) is 13.8 Å². The molecule has 1 aliphatic rings. The van der Waals surface area contributed by atoms with E-state index < -0.39 is 0 Å². The molecule has 2 aromatic rings. The molecule has 1 atom stereocenters. The first kappa shape index (κ1) is 17.6. The Labute approximate surface area is 136 Å². The van der Waals surface area contributed by atoms with E-state index in [4.69, 9.17) is 15.2 Å². The van der Waals surface area contributed by atoms with Crippen LogP contribution in [0.3, 0.4) is 0 Å². The molecule has 0 aliphatic carbocycles. The Bertz CT molecular complexity index is 602. The molecule has 0 bridgehead atoms. The molecular formula is C14H19Cl2N3O2. The summed E-state index contributed by atoms with van der Waals surface area (Å²) in [4.78, 5) is 7.62. The van der Waals surface area contributed by atoms with E-state index in [2.05, 4.69) is 23.8 Å². The fraction of sp³-hybridized carbons (Fsp3) is 0.357. The normalized spacial score (nSPS) is 13.5. The first-order valence-electron chi connectivity index (χ1n) is 6.35. The highest BCUT2D eigenvalue weighted by molar-refractivity contribution is 5.85. The van der Waals surface area contributed by atoms with E-state index in [1.165, 1.54) is 0 Å². The second kappa shape index (κ2) is 7.02. The summed E-state index contributed by atoms with van der Waals surface area (Å²) in [5.74, 6) is 2.70. The molecule has 2 heterocycles. The number of halogens is 2. The van der Waals surface area contributed by atoms with E-state index in [0.717, 1.165) is 28.6 Å². The number of nitrogens with two attached hydrogens (primary N) is 1. The minimum absolute atomic E-state index is 0. The van der Waals surface area contributed by atoms with E-state index in [1.54, 1.807) is 6.20 Å². The quantitative estimate of drug-likeness (QED) is 0.904. The Balaban J connectivity index is 0.00000110. The van der Waals surface area contributed by atoms with Crippen molar-refractivity contribution in [1.82, 2.24) is 9.97 Å². The first-order chi connectivity index (χ1) is 9.15. The SMILES string of the molecule is CC(C)C(N)c1ncc(-c2ccc3c(c2)OCO3)[nH]1.Cl.Cl. The highest BCUT2D eigenvalue weighted by Crippen LogP contribution is 2.35. The predicted molar refractivity (Wildman–Crippen MR) is 86.4 cm³/mol. The summed E-state index contributed by atoms with van der Waals surface area (Å²) in [5.41, 5.74) is 8.03. The monoisotopic (exact) mass is 331 g/mol. The number of hydrogen-bond acceptors (Lipinski definition) is 4. The van der Waals surface area contributed by atoms with Crippen molar-refractivity contribution in [1.29, 1.82) is 0 Å². The van der Waals surface area contributed by atoms with Gasteiger partial charge in [-0.2, -0.15) is 0 Å².